The van der Waals surface area contributed by atoms with Crippen LogP contribution in [0.2, 0.25) is 5.02 Å². The van der Waals surface area contributed by atoms with Crippen molar-refractivity contribution in [2.75, 3.05) is 0 Å². The first kappa shape index (κ1) is 19.6. The zero-order valence-electron chi connectivity index (χ0n) is 14.0. The van der Waals surface area contributed by atoms with Crippen LogP contribution in [0.1, 0.15) is 11.1 Å². The lowest BCUT2D eigenvalue weighted by atomic mass is 10.1. The van der Waals surface area contributed by atoms with E-state index in [2.05, 4.69) is 4.99 Å². The molecule has 0 fully saturated rings. The Labute approximate surface area is 165 Å². The number of aliphatic imine (C=N–C) groups is 1. The van der Waals surface area contributed by atoms with Crippen LogP contribution in [0.5, 0.6) is 0 Å². The lowest BCUT2D eigenvalue weighted by Gasteiger charge is -2.02. The standard InChI is InChI=1S/C16H7ClN4O8/c17-12-4-3-9(19(23)24)6-11(12)15-18-13(16(22)29-15)5-8-1-2-10(20(25)26)7-14(8)21(27)28/h1-7H/b13-5-. The van der Waals surface area contributed by atoms with Crippen molar-refractivity contribution in [3.63, 3.8) is 0 Å². The molecule has 0 atom stereocenters. The number of carbonyl (C=O) groups is 1. The Balaban J connectivity index is 2.06. The first-order valence-electron chi connectivity index (χ1n) is 7.57. The van der Waals surface area contributed by atoms with E-state index >= 15 is 0 Å². The second-order valence-electron chi connectivity index (χ2n) is 5.51. The van der Waals surface area contributed by atoms with E-state index in [4.69, 9.17) is 16.3 Å². The molecule has 0 radical (unpaired) electrons. The third kappa shape index (κ3) is 3.91. The Hall–Kier alpha value is -4.19. The quantitative estimate of drug-likeness (QED) is 0.308. The van der Waals surface area contributed by atoms with Gasteiger partial charge in [-0.1, -0.05) is 11.6 Å². The van der Waals surface area contributed by atoms with Crippen LogP contribution in [0.25, 0.3) is 6.08 Å². The van der Waals surface area contributed by atoms with E-state index in [-0.39, 0.29) is 33.4 Å². The van der Waals surface area contributed by atoms with E-state index in [1.165, 1.54) is 6.07 Å². The molecule has 0 spiro atoms. The molecule has 0 N–H and O–H groups in total. The largest absolute Gasteiger partial charge is 0.402 e. The molecule has 0 amide bonds. The van der Waals surface area contributed by atoms with Gasteiger partial charge in [-0.2, -0.15) is 0 Å². The highest BCUT2D eigenvalue weighted by molar-refractivity contribution is 6.34. The van der Waals surface area contributed by atoms with Gasteiger partial charge >= 0.3 is 5.97 Å². The molecule has 0 bridgehead atoms. The SMILES string of the molecule is O=C1OC(c2cc([N+](=O)[O-])ccc2Cl)=N/C1=C\c1ccc([N+](=O)[O-])cc1[N+](=O)[O-]. The average molecular weight is 419 g/mol. The maximum Gasteiger partial charge on any atom is 0.363 e. The number of esters is 1. The van der Waals surface area contributed by atoms with E-state index in [1.807, 2.05) is 0 Å². The second-order valence-corrected chi connectivity index (χ2v) is 5.92. The molecule has 0 unspecified atom stereocenters. The van der Waals surface area contributed by atoms with Crippen LogP contribution in [0.4, 0.5) is 17.1 Å². The van der Waals surface area contributed by atoms with Gasteiger partial charge in [-0.15, -0.1) is 0 Å². The normalized spacial score (nSPS) is 14.4. The van der Waals surface area contributed by atoms with Crippen molar-refractivity contribution in [1.29, 1.82) is 0 Å². The molecule has 146 valence electrons. The third-order valence-electron chi connectivity index (χ3n) is 3.73. The maximum atomic E-state index is 12.1. The molecule has 12 nitrogen and oxygen atoms in total. The number of nitrogens with zero attached hydrogens (tertiary/aromatic N) is 4. The Kier molecular flexibility index (Phi) is 5.02. The van der Waals surface area contributed by atoms with Gasteiger partial charge in [0.2, 0.25) is 5.90 Å². The number of nitro groups is 3. The van der Waals surface area contributed by atoms with Gasteiger partial charge in [-0.05, 0) is 18.2 Å². The molecular formula is C16H7ClN4O8. The van der Waals surface area contributed by atoms with Crippen molar-refractivity contribution in [2.24, 2.45) is 4.99 Å². The molecule has 3 rings (SSSR count). The van der Waals surface area contributed by atoms with Gasteiger partial charge in [0.05, 0.1) is 37.0 Å². The van der Waals surface area contributed by atoms with Crippen LogP contribution in [0, 0.1) is 30.3 Å². The smallest absolute Gasteiger partial charge is 0.363 e. The number of carbonyl (C=O) groups excluding carboxylic acids is 1. The van der Waals surface area contributed by atoms with Crippen molar-refractivity contribution in [3.05, 3.63) is 88.6 Å². The molecule has 13 heteroatoms. The summed E-state index contributed by atoms with van der Waals surface area (Å²) in [6.45, 7) is 0. The summed E-state index contributed by atoms with van der Waals surface area (Å²) in [7, 11) is 0. The van der Waals surface area contributed by atoms with Crippen molar-refractivity contribution >= 4 is 46.6 Å². The maximum absolute atomic E-state index is 12.1. The summed E-state index contributed by atoms with van der Waals surface area (Å²) in [6.07, 6.45) is 1.02. The average Bonchev–Trinajstić information content (AvgIpc) is 3.02. The summed E-state index contributed by atoms with van der Waals surface area (Å²) in [5.41, 5.74) is -1.92. The summed E-state index contributed by atoms with van der Waals surface area (Å²) >= 11 is 5.98. The van der Waals surface area contributed by atoms with Crippen molar-refractivity contribution < 1.29 is 24.3 Å². The predicted molar refractivity (Wildman–Crippen MR) is 98.5 cm³/mol. The summed E-state index contributed by atoms with van der Waals surface area (Å²) in [6, 6.07) is 6.31. The predicted octanol–water partition coefficient (Wildman–Crippen LogP) is 3.41. The molecule has 2 aromatic rings. The molecule has 29 heavy (non-hydrogen) atoms. The van der Waals surface area contributed by atoms with Crippen molar-refractivity contribution in [2.45, 2.75) is 0 Å². The Morgan fingerprint density at radius 2 is 1.55 bits per heavy atom. The van der Waals surface area contributed by atoms with E-state index in [0.29, 0.717) is 0 Å². The fourth-order valence-corrected chi connectivity index (χ4v) is 2.59. The summed E-state index contributed by atoms with van der Waals surface area (Å²) < 4.78 is 4.97. The van der Waals surface area contributed by atoms with Gasteiger partial charge in [0.25, 0.3) is 17.1 Å². The molecule has 0 saturated heterocycles. The number of cyclic esters (lactones) is 1. The Morgan fingerprint density at radius 1 is 0.931 bits per heavy atom. The molecule has 1 heterocycles. The molecule has 0 aliphatic carbocycles. The highest BCUT2D eigenvalue weighted by Crippen LogP contribution is 2.30. The van der Waals surface area contributed by atoms with E-state index in [9.17, 15) is 35.1 Å². The van der Waals surface area contributed by atoms with Crippen molar-refractivity contribution in [1.82, 2.24) is 0 Å². The van der Waals surface area contributed by atoms with Crippen LogP contribution in [-0.4, -0.2) is 26.6 Å². The van der Waals surface area contributed by atoms with E-state index < -0.39 is 32.1 Å². The van der Waals surface area contributed by atoms with Crippen molar-refractivity contribution in [3.8, 4) is 0 Å². The number of hydrogen-bond acceptors (Lipinski definition) is 9. The van der Waals surface area contributed by atoms with Gasteiger partial charge < -0.3 is 4.74 Å². The Morgan fingerprint density at radius 3 is 2.17 bits per heavy atom. The molecule has 0 aromatic heterocycles. The number of nitro benzene ring substituents is 3. The summed E-state index contributed by atoms with van der Waals surface area (Å²) in [5.74, 6) is -1.30. The van der Waals surface area contributed by atoms with Crippen LogP contribution in [-0.2, 0) is 9.53 Å². The monoisotopic (exact) mass is 418 g/mol. The molecular weight excluding hydrogens is 412 g/mol. The molecule has 1 aliphatic rings. The summed E-state index contributed by atoms with van der Waals surface area (Å²) in [4.78, 5) is 46.6. The minimum atomic E-state index is -0.977. The minimum absolute atomic E-state index is 0.0178. The molecule has 0 saturated carbocycles. The number of hydrogen-bond donors (Lipinski definition) is 0. The van der Waals surface area contributed by atoms with Gasteiger partial charge in [-0.3, -0.25) is 30.3 Å². The van der Waals surface area contributed by atoms with Crippen LogP contribution < -0.4 is 0 Å². The number of halogens is 1. The highest BCUT2D eigenvalue weighted by Gasteiger charge is 2.28. The topological polar surface area (TPSA) is 168 Å². The molecule has 1 aliphatic heterocycles. The lowest BCUT2D eigenvalue weighted by Crippen LogP contribution is -2.06. The zero-order valence-corrected chi connectivity index (χ0v) is 14.7. The fourth-order valence-electron chi connectivity index (χ4n) is 2.39. The highest BCUT2D eigenvalue weighted by atomic mass is 35.5. The van der Waals surface area contributed by atoms with Gasteiger partial charge in [0.15, 0.2) is 5.70 Å². The second kappa shape index (κ2) is 7.44. The van der Waals surface area contributed by atoms with Gasteiger partial charge in [-0.25, -0.2) is 9.79 Å². The number of ether oxygens (including phenoxy) is 1. The number of benzene rings is 2. The van der Waals surface area contributed by atoms with Crippen LogP contribution in [0.15, 0.2) is 47.1 Å². The minimum Gasteiger partial charge on any atom is -0.402 e. The molecule has 2 aromatic carbocycles. The number of non-ortho nitro benzene ring substituents is 2. The number of rotatable bonds is 5. The van der Waals surface area contributed by atoms with Crippen LogP contribution in [0.3, 0.4) is 0 Å². The van der Waals surface area contributed by atoms with Gasteiger partial charge in [0, 0.05) is 18.2 Å². The Bertz CT molecular complexity index is 1160. The fraction of sp³-hybridized carbons (Fsp3) is 0. The lowest BCUT2D eigenvalue weighted by molar-refractivity contribution is -0.394. The first-order valence-corrected chi connectivity index (χ1v) is 7.95. The van der Waals surface area contributed by atoms with Gasteiger partial charge in [0.1, 0.15) is 0 Å². The summed E-state index contributed by atoms with van der Waals surface area (Å²) in [5, 5.41) is 33.0. The van der Waals surface area contributed by atoms with E-state index in [0.717, 1.165) is 36.4 Å². The zero-order chi connectivity index (χ0) is 21.3. The van der Waals surface area contributed by atoms with Crippen LogP contribution >= 0.6 is 11.6 Å². The van der Waals surface area contributed by atoms with E-state index in [1.54, 1.807) is 0 Å². The first-order chi connectivity index (χ1) is 13.7. The third-order valence-corrected chi connectivity index (χ3v) is 4.06.